The third kappa shape index (κ3) is 5.15. The number of carboxylic acid groups (broad SMARTS) is 1. The second-order valence-corrected chi connectivity index (χ2v) is 7.02. The van der Waals surface area contributed by atoms with E-state index in [1.807, 2.05) is 11.8 Å². The van der Waals surface area contributed by atoms with Crippen LogP contribution in [0.25, 0.3) is 0 Å². The van der Waals surface area contributed by atoms with Gasteiger partial charge in [-0.15, -0.1) is 23.5 Å². The van der Waals surface area contributed by atoms with Gasteiger partial charge in [-0.25, -0.2) is 0 Å². The van der Waals surface area contributed by atoms with Crippen LogP contribution in [0, 0.1) is 0 Å². The predicted octanol–water partition coefficient (Wildman–Crippen LogP) is 3.22. The maximum Gasteiger partial charge on any atom is 0.303 e. The second-order valence-electron chi connectivity index (χ2n) is 3.62. The van der Waals surface area contributed by atoms with Crippen LogP contribution >= 0.6 is 23.5 Å². The van der Waals surface area contributed by atoms with Crippen molar-refractivity contribution >= 4 is 29.5 Å². The molecule has 1 rings (SSSR count). The van der Waals surface area contributed by atoms with E-state index in [0.29, 0.717) is 6.42 Å². The average Bonchev–Trinajstić information content (AvgIpc) is 2.12. The molecule has 0 aromatic heterocycles. The Morgan fingerprint density at radius 2 is 2.29 bits per heavy atom. The summed E-state index contributed by atoms with van der Waals surface area (Å²) in [5.74, 6) is 0.614. The average molecular weight is 234 g/mol. The normalized spacial score (nSPS) is 27.5. The first kappa shape index (κ1) is 12.2. The van der Waals surface area contributed by atoms with Gasteiger partial charge < -0.3 is 5.11 Å². The first-order chi connectivity index (χ1) is 6.68. The minimum Gasteiger partial charge on any atom is -0.481 e. The van der Waals surface area contributed by atoms with Crippen molar-refractivity contribution in [2.45, 2.75) is 48.9 Å². The highest BCUT2D eigenvalue weighted by molar-refractivity contribution is 8.17. The highest BCUT2D eigenvalue weighted by Gasteiger charge is 2.19. The number of hydrogen-bond donors (Lipinski definition) is 1. The molecule has 2 atom stereocenters. The summed E-state index contributed by atoms with van der Waals surface area (Å²) in [5.41, 5.74) is 0. The zero-order valence-corrected chi connectivity index (χ0v) is 10.2. The van der Waals surface area contributed by atoms with E-state index in [2.05, 4.69) is 18.7 Å². The first-order valence-electron chi connectivity index (χ1n) is 5.17. The summed E-state index contributed by atoms with van der Waals surface area (Å²) in [7, 11) is 0. The van der Waals surface area contributed by atoms with Gasteiger partial charge in [-0.2, -0.15) is 0 Å². The standard InChI is InChI=1S/C10H18O2S2/c1-8-13-7-6-9(14-8)4-2-3-5-10(11)12/h8-9H,2-7H2,1H3,(H,11,12). The molecule has 0 aliphatic carbocycles. The third-order valence-corrected chi connectivity index (χ3v) is 5.27. The maximum atomic E-state index is 10.3. The third-order valence-electron chi connectivity index (χ3n) is 2.34. The molecule has 0 spiro atoms. The molecule has 1 N–H and O–H groups in total. The number of thioether (sulfide) groups is 2. The van der Waals surface area contributed by atoms with E-state index in [4.69, 9.17) is 5.11 Å². The molecule has 1 fully saturated rings. The Bertz CT molecular complexity index is 185. The lowest BCUT2D eigenvalue weighted by Gasteiger charge is -2.25. The zero-order chi connectivity index (χ0) is 10.4. The van der Waals surface area contributed by atoms with Crippen LogP contribution in [-0.2, 0) is 4.79 Å². The number of carbonyl (C=O) groups is 1. The number of carboxylic acids is 1. The smallest absolute Gasteiger partial charge is 0.303 e. The summed E-state index contributed by atoms with van der Waals surface area (Å²) < 4.78 is 0.730. The summed E-state index contributed by atoms with van der Waals surface area (Å²) >= 11 is 4.10. The van der Waals surface area contributed by atoms with Crippen LogP contribution in [0.1, 0.15) is 39.0 Å². The molecule has 2 unspecified atom stereocenters. The monoisotopic (exact) mass is 234 g/mol. The van der Waals surface area contributed by atoms with Crippen molar-refractivity contribution in [2.75, 3.05) is 5.75 Å². The van der Waals surface area contributed by atoms with Crippen molar-refractivity contribution in [3.63, 3.8) is 0 Å². The molecule has 1 aliphatic rings. The van der Waals surface area contributed by atoms with Gasteiger partial charge >= 0.3 is 5.97 Å². The second kappa shape index (κ2) is 6.62. The van der Waals surface area contributed by atoms with Crippen LogP contribution in [0.2, 0.25) is 0 Å². The van der Waals surface area contributed by atoms with Gasteiger partial charge in [0.15, 0.2) is 0 Å². The van der Waals surface area contributed by atoms with Gasteiger partial charge in [0.2, 0.25) is 0 Å². The Morgan fingerprint density at radius 3 is 2.93 bits per heavy atom. The van der Waals surface area contributed by atoms with Gasteiger partial charge in [-0.05, 0) is 31.9 Å². The number of rotatable bonds is 5. The Balaban J connectivity index is 2.03. The van der Waals surface area contributed by atoms with E-state index in [-0.39, 0.29) is 0 Å². The molecule has 0 aromatic carbocycles. The molecule has 1 aliphatic heterocycles. The van der Waals surface area contributed by atoms with Crippen LogP contribution in [-0.4, -0.2) is 26.7 Å². The van der Waals surface area contributed by atoms with Crippen LogP contribution in [0.15, 0.2) is 0 Å². The number of aliphatic carboxylic acids is 1. The molecule has 0 radical (unpaired) electrons. The largest absolute Gasteiger partial charge is 0.481 e. The van der Waals surface area contributed by atoms with Gasteiger partial charge in [0, 0.05) is 16.3 Å². The van der Waals surface area contributed by atoms with Gasteiger partial charge in [0.1, 0.15) is 0 Å². The fourth-order valence-electron chi connectivity index (χ4n) is 1.60. The Labute approximate surface area is 94.2 Å². The highest BCUT2D eigenvalue weighted by Crippen LogP contribution is 2.37. The lowest BCUT2D eigenvalue weighted by Crippen LogP contribution is -2.14. The summed E-state index contributed by atoms with van der Waals surface area (Å²) in [5, 5.41) is 9.26. The molecule has 0 bridgehead atoms. The SMILES string of the molecule is CC1SCCC(CCCCC(=O)O)S1. The van der Waals surface area contributed by atoms with E-state index in [9.17, 15) is 4.79 Å². The molecular formula is C10H18O2S2. The van der Waals surface area contributed by atoms with Crippen LogP contribution in [0.4, 0.5) is 0 Å². The topological polar surface area (TPSA) is 37.3 Å². The van der Waals surface area contributed by atoms with E-state index in [1.54, 1.807) is 0 Å². The van der Waals surface area contributed by atoms with Crippen molar-refractivity contribution in [3.05, 3.63) is 0 Å². The molecule has 0 saturated carbocycles. The van der Waals surface area contributed by atoms with Gasteiger partial charge in [0.25, 0.3) is 0 Å². The molecular weight excluding hydrogens is 216 g/mol. The lowest BCUT2D eigenvalue weighted by atomic mass is 10.1. The van der Waals surface area contributed by atoms with Crippen molar-refractivity contribution in [1.82, 2.24) is 0 Å². The predicted molar refractivity (Wildman–Crippen MR) is 64.0 cm³/mol. The van der Waals surface area contributed by atoms with E-state index in [0.717, 1.165) is 22.7 Å². The summed E-state index contributed by atoms with van der Waals surface area (Å²) in [6, 6.07) is 0. The van der Waals surface area contributed by atoms with E-state index < -0.39 is 5.97 Å². The zero-order valence-electron chi connectivity index (χ0n) is 8.57. The Morgan fingerprint density at radius 1 is 1.50 bits per heavy atom. The molecule has 2 nitrogen and oxygen atoms in total. The van der Waals surface area contributed by atoms with Crippen LogP contribution < -0.4 is 0 Å². The molecule has 0 amide bonds. The summed E-state index contributed by atoms with van der Waals surface area (Å²) in [6.45, 7) is 2.26. The van der Waals surface area contributed by atoms with E-state index >= 15 is 0 Å². The Hall–Kier alpha value is 0.170. The Kier molecular flexibility index (Phi) is 5.78. The van der Waals surface area contributed by atoms with Gasteiger partial charge in [-0.3, -0.25) is 4.79 Å². The van der Waals surface area contributed by atoms with Gasteiger partial charge in [0.05, 0.1) is 0 Å². The van der Waals surface area contributed by atoms with E-state index in [1.165, 1.54) is 18.6 Å². The van der Waals surface area contributed by atoms with Gasteiger partial charge in [-0.1, -0.05) is 6.42 Å². The molecule has 1 heterocycles. The van der Waals surface area contributed by atoms with Crippen LogP contribution in [0.3, 0.4) is 0 Å². The maximum absolute atomic E-state index is 10.3. The van der Waals surface area contributed by atoms with Crippen molar-refractivity contribution in [2.24, 2.45) is 0 Å². The molecule has 4 heteroatoms. The molecule has 82 valence electrons. The summed E-state index contributed by atoms with van der Waals surface area (Å²) in [4.78, 5) is 10.3. The first-order valence-corrected chi connectivity index (χ1v) is 7.16. The number of unbranched alkanes of at least 4 members (excludes halogenated alkanes) is 1. The minimum absolute atomic E-state index is 0.335. The highest BCUT2D eigenvalue weighted by atomic mass is 32.2. The fraction of sp³-hybridized carbons (Fsp3) is 0.900. The fourth-order valence-corrected chi connectivity index (χ4v) is 4.68. The van der Waals surface area contributed by atoms with Crippen LogP contribution in [0.5, 0.6) is 0 Å². The quantitative estimate of drug-likeness (QED) is 0.741. The van der Waals surface area contributed by atoms with Crippen molar-refractivity contribution < 1.29 is 9.90 Å². The minimum atomic E-state index is -0.662. The van der Waals surface area contributed by atoms with Crippen molar-refractivity contribution in [1.29, 1.82) is 0 Å². The molecule has 1 saturated heterocycles. The summed E-state index contributed by atoms with van der Waals surface area (Å²) in [6.07, 6.45) is 4.74. The lowest BCUT2D eigenvalue weighted by molar-refractivity contribution is -0.137. The molecule has 14 heavy (non-hydrogen) atoms. The number of hydrogen-bond acceptors (Lipinski definition) is 3. The van der Waals surface area contributed by atoms with Crippen molar-refractivity contribution in [3.8, 4) is 0 Å². The molecule has 0 aromatic rings.